The summed E-state index contributed by atoms with van der Waals surface area (Å²) in [5.74, 6) is -5.61. The third-order valence-corrected chi connectivity index (χ3v) is 11.6. The number of methoxy groups -OCH3 is 2. The molecule has 0 amide bonds. The highest BCUT2D eigenvalue weighted by molar-refractivity contribution is 6.31. The molecule has 19 heteroatoms. The number of hydrogen-bond acceptors (Lipinski definition) is 18. The van der Waals surface area contributed by atoms with Gasteiger partial charge in [-0.05, 0) is 13.0 Å². The highest BCUT2D eigenvalue weighted by atomic mass is 16.7. The first kappa shape index (κ1) is 38.7. The van der Waals surface area contributed by atoms with Gasteiger partial charge in [0.25, 0.3) is 0 Å². The lowest BCUT2D eigenvalue weighted by Gasteiger charge is -2.45. The predicted molar refractivity (Wildman–Crippen MR) is 189 cm³/mol. The Balaban J connectivity index is 1.07. The minimum atomic E-state index is -2.31. The number of piperazine rings is 1. The molecule has 0 saturated carbocycles. The maximum Gasteiger partial charge on any atom is 0.347 e. The van der Waals surface area contributed by atoms with Crippen LogP contribution in [0.2, 0.25) is 0 Å². The zero-order chi connectivity index (χ0) is 40.7. The predicted octanol–water partition coefficient (Wildman–Crippen LogP) is -0.135. The van der Waals surface area contributed by atoms with Crippen molar-refractivity contribution in [3.05, 3.63) is 63.7 Å². The van der Waals surface area contributed by atoms with E-state index in [1.54, 1.807) is 11.8 Å². The highest BCUT2D eigenvalue weighted by Crippen LogP contribution is 2.53. The number of benzene rings is 2. The van der Waals surface area contributed by atoms with Gasteiger partial charge in [0.1, 0.15) is 42.1 Å². The molecule has 4 heterocycles. The number of aliphatic hydroxyl groups excluding tert-OH is 1. The van der Waals surface area contributed by atoms with Gasteiger partial charge in [0.05, 0.1) is 36.0 Å². The average Bonchev–Trinajstić information content (AvgIpc) is 3.72. The van der Waals surface area contributed by atoms with Gasteiger partial charge in [-0.3, -0.25) is 24.2 Å². The molecule has 0 radical (unpaired) electrons. The van der Waals surface area contributed by atoms with Crippen molar-refractivity contribution in [1.82, 2.24) is 14.5 Å². The number of aromatic nitrogens is 1. The first-order valence-electron chi connectivity index (χ1n) is 18.2. The molecule has 2 aliphatic carbocycles. The summed E-state index contributed by atoms with van der Waals surface area (Å²) >= 11 is 0. The molecule has 8 atom stereocenters. The Morgan fingerprint density at radius 3 is 2.35 bits per heavy atom. The molecule has 3 fully saturated rings. The van der Waals surface area contributed by atoms with Crippen molar-refractivity contribution in [2.45, 2.75) is 74.9 Å². The molecule has 3 aliphatic heterocycles. The fourth-order valence-corrected chi connectivity index (χ4v) is 8.94. The maximum atomic E-state index is 14.0. The molecule has 0 bridgehead atoms. The van der Waals surface area contributed by atoms with E-state index in [4.69, 9.17) is 28.5 Å². The number of hydrogen-bond donors (Lipinski definition) is 6. The SMILES string of the molecule is COc1cccc2c1C(=O)c1c(O)c3c(c(O)c1C2=O)C[C@@](O)(C(=O)CO)C[C@@H]3O[C@H]1C[C@H]2[C@H](O[C@@H]3[C@@H](OC)N(CC(=O)On4c(O)ccc4O)CCN32)[C@H](C)O1. The Labute approximate surface area is 324 Å². The number of aliphatic hydroxyl groups is 2. The summed E-state index contributed by atoms with van der Waals surface area (Å²) in [4.78, 5) is 62.6. The molecule has 0 unspecified atom stereocenters. The van der Waals surface area contributed by atoms with E-state index in [9.17, 15) is 49.8 Å². The van der Waals surface area contributed by atoms with E-state index in [1.165, 1.54) is 32.4 Å². The smallest absolute Gasteiger partial charge is 0.347 e. The Morgan fingerprint density at radius 2 is 1.67 bits per heavy atom. The van der Waals surface area contributed by atoms with E-state index in [0.29, 0.717) is 17.8 Å². The van der Waals surface area contributed by atoms with Gasteiger partial charge in [-0.2, -0.15) is 0 Å². The van der Waals surface area contributed by atoms with Crippen LogP contribution in [0.25, 0.3) is 0 Å². The van der Waals surface area contributed by atoms with Crippen molar-refractivity contribution in [3.63, 3.8) is 0 Å². The zero-order valence-corrected chi connectivity index (χ0v) is 31.0. The third kappa shape index (κ3) is 6.13. The highest BCUT2D eigenvalue weighted by Gasteiger charge is 2.56. The molecule has 5 aliphatic rings. The summed E-state index contributed by atoms with van der Waals surface area (Å²) in [6.07, 6.45) is -6.01. The van der Waals surface area contributed by atoms with Gasteiger partial charge in [0, 0.05) is 74.3 Å². The number of carbonyl (C=O) groups is 4. The number of phenols is 2. The third-order valence-electron chi connectivity index (χ3n) is 11.6. The number of carbonyl (C=O) groups excluding carboxylic acids is 4. The molecular weight excluding hydrogens is 754 g/mol. The van der Waals surface area contributed by atoms with Gasteiger partial charge in [0.2, 0.25) is 17.5 Å². The molecule has 3 saturated heterocycles. The monoisotopic (exact) mass is 795 g/mol. The van der Waals surface area contributed by atoms with Crippen molar-refractivity contribution < 1.29 is 78.3 Å². The summed E-state index contributed by atoms with van der Waals surface area (Å²) in [6.45, 7) is 1.12. The second-order valence-electron chi connectivity index (χ2n) is 14.7. The molecule has 1 aromatic heterocycles. The quantitative estimate of drug-likeness (QED) is 0.121. The topological polar surface area (TPSA) is 256 Å². The molecule has 0 spiro atoms. The second kappa shape index (κ2) is 14.4. The number of phenolic OH excluding ortho intramolecular Hbond substituents is 2. The van der Waals surface area contributed by atoms with Gasteiger partial charge < -0.3 is 59.2 Å². The number of nitrogens with zero attached hydrogens (tertiary/aromatic N) is 3. The summed E-state index contributed by atoms with van der Waals surface area (Å²) in [6, 6.07) is 6.34. The first-order chi connectivity index (χ1) is 27.2. The molecular formula is C38H41N3O16. The zero-order valence-electron chi connectivity index (χ0n) is 31.0. The van der Waals surface area contributed by atoms with Crippen molar-refractivity contribution in [2.75, 3.05) is 40.5 Å². The normalized spacial score (nSPS) is 29.5. The van der Waals surface area contributed by atoms with Crippen LogP contribution in [0.5, 0.6) is 29.0 Å². The van der Waals surface area contributed by atoms with Gasteiger partial charge in [-0.25, -0.2) is 4.79 Å². The lowest BCUT2D eigenvalue weighted by molar-refractivity contribution is -0.249. The summed E-state index contributed by atoms with van der Waals surface area (Å²) in [7, 11) is 2.78. The van der Waals surface area contributed by atoms with E-state index >= 15 is 0 Å². The van der Waals surface area contributed by atoms with Crippen molar-refractivity contribution >= 4 is 23.3 Å². The van der Waals surface area contributed by atoms with Crippen LogP contribution >= 0.6 is 0 Å². The number of fused-ring (bicyclic) bond motifs is 6. The molecule has 304 valence electrons. The maximum absolute atomic E-state index is 14.0. The van der Waals surface area contributed by atoms with Gasteiger partial charge in [0.15, 0.2) is 30.3 Å². The Kier molecular flexibility index (Phi) is 9.76. The van der Waals surface area contributed by atoms with E-state index < -0.39 is 120 Å². The Morgan fingerprint density at radius 1 is 0.947 bits per heavy atom. The molecule has 19 nitrogen and oxygen atoms in total. The van der Waals surface area contributed by atoms with E-state index in [1.807, 2.05) is 4.90 Å². The summed E-state index contributed by atoms with van der Waals surface area (Å²) in [5, 5.41) is 64.8. The largest absolute Gasteiger partial charge is 0.507 e. The number of aromatic hydroxyl groups is 4. The number of ether oxygens (including phenoxy) is 5. The Bertz CT molecular complexity index is 2150. The van der Waals surface area contributed by atoms with E-state index in [-0.39, 0.29) is 47.0 Å². The van der Waals surface area contributed by atoms with Crippen molar-refractivity contribution in [3.8, 4) is 29.0 Å². The van der Waals surface area contributed by atoms with Crippen molar-refractivity contribution in [2.24, 2.45) is 0 Å². The van der Waals surface area contributed by atoms with Gasteiger partial charge in [-0.15, -0.1) is 4.73 Å². The van der Waals surface area contributed by atoms with Crippen molar-refractivity contribution in [1.29, 1.82) is 0 Å². The minimum Gasteiger partial charge on any atom is -0.507 e. The molecule has 2 aromatic carbocycles. The number of ketones is 3. The lowest BCUT2D eigenvalue weighted by atomic mass is 9.72. The molecule has 57 heavy (non-hydrogen) atoms. The van der Waals surface area contributed by atoms with Gasteiger partial charge >= 0.3 is 5.97 Å². The van der Waals surface area contributed by atoms with Crippen LogP contribution in [0.3, 0.4) is 0 Å². The average molecular weight is 796 g/mol. The van der Waals surface area contributed by atoms with Crippen LogP contribution in [0.15, 0.2) is 30.3 Å². The summed E-state index contributed by atoms with van der Waals surface area (Å²) in [5.41, 5.74) is -3.80. The van der Waals surface area contributed by atoms with Crippen LogP contribution in [0, 0.1) is 0 Å². The first-order valence-corrected chi connectivity index (χ1v) is 18.2. The van der Waals surface area contributed by atoms with E-state index in [2.05, 4.69) is 0 Å². The molecule has 6 N–H and O–H groups in total. The fraction of sp³-hybridized carbons (Fsp3) is 0.474. The van der Waals surface area contributed by atoms with Crippen LogP contribution in [0.4, 0.5) is 0 Å². The summed E-state index contributed by atoms with van der Waals surface area (Å²) < 4.78 is 30.9. The standard InChI is InChI=1S/C38H41N3O16/c1-16-35-19(40-10-9-39(36(53-3)37(40)56-35)14-25(46)57-41-23(44)7-8-24(41)45)11-26(54-16)55-21-13-38(51,22(43)15-42)12-18-28(21)34(50)30-29(32(18)48)31(47)17-5-4-6-20(52-2)27(17)33(30)49/h4-8,16,19,21,26,35-37,42,44-45,48,50-51H,9-15H2,1-3H3/t16-,19-,21-,26-,35+,36+,37+,38-/m0/s1. The van der Waals surface area contributed by atoms with E-state index in [0.717, 1.165) is 12.1 Å². The van der Waals surface area contributed by atoms with Crippen LogP contribution in [-0.2, 0) is 35.0 Å². The minimum absolute atomic E-state index is 0.0722. The second-order valence-corrected chi connectivity index (χ2v) is 14.7. The number of Topliss-reactive ketones (excluding diaryl/α,β-unsaturated/α-hetero) is 1. The van der Waals surface area contributed by atoms with Gasteiger partial charge in [-0.1, -0.05) is 12.1 Å². The van der Waals surface area contributed by atoms with Crippen LogP contribution in [-0.4, -0.2) is 152 Å². The van der Waals surface area contributed by atoms with Crippen LogP contribution in [0.1, 0.15) is 68.8 Å². The molecule has 3 aromatic rings. The Hall–Kier alpha value is -5.12. The lowest BCUT2D eigenvalue weighted by Crippen LogP contribution is -2.61. The fourth-order valence-electron chi connectivity index (χ4n) is 8.94. The molecule has 8 rings (SSSR count). The number of rotatable bonds is 9. The van der Waals surface area contributed by atoms with Crippen LogP contribution < -0.4 is 9.57 Å².